The van der Waals surface area contributed by atoms with Gasteiger partial charge in [-0.25, -0.2) is 38.5 Å². The van der Waals surface area contributed by atoms with Crippen molar-refractivity contribution in [2.24, 2.45) is 0 Å². The Hall–Kier alpha value is -8.74. The first-order valence-electron chi connectivity index (χ1n) is 21.3. The standard InChI is InChI=1S/2C24H20F3N5O4/c2*1-12-19(21(34)36-3)20(17-8-7-14(11-28)9-18(17)13(2)33)32-22(29-30-23(32)35)31(12)16-6-4-5-15(10-16)24(25,26)27/h2*4-10,13,20,33H,1-3H3,(H,30,35)/t2*13?,20-/m11/s1. The summed E-state index contributed by atoms with van der Waals surface area (Å²) in [6.45, 7) is 5.91. The lowest BCUT2D eigenvalue weighted by Gasteiger charge is -2.36. The maximum absolute atomic E-state index is 13.4. The molecule has 6 aromatic rings. The number of nitrogens with one attached hydrogen (secondary N) is 2. The number of carbonyl (C=O) groups is 2. The van der Waals surface area contributed by atoms with Crippen LogP contribution in [0.2, 0.25) is 0 Å². The van der Waals surface area contributed by atoms with E-state index >= 15 is 0 Å². The van der Waals surface area contributed by atoms with Crippen molar-refractivity contribution >= 4 is 35.2 Å². The summed E-state index contributed by atoms with van der Waals surface area (Å²) in [5.41, 5.74) is -1.43. The molecule has 0 fully saturated rings. The van der Waals surface area contributed by atoms with Crippen molar-refractivity contribution in [3.05, 3.63) is 173 Å². The van der Waals surface area contributed by atoms with Gasteiger partial charge in [0.1, 0.15) is 12.1 Å². The Kier molecular flexibility index (Phi) is 13.9. The monoisotopic (exact) mass is 998 g/mol. The zero-order valence-corrected chi connectivity index (χ0v) is 38.6. The van der Waals surface area contributed by atoms with E-state index in [0.717, 1.165) is 47.6 Å². The van der Waals surface area contributed by atoms with E-state index in [1.807, 2.05) is 12.1 Å². The second-order valence-corrected chi connectivity index (χ2v) is 16.2. The van der Waals surface area contributed by atoms with Crippen LogP contribution in [0.5, 0.6) is 0 Å². The molecular weight excluding hydrogens is 959 g/mol. The van der Waals surface area contributed by atoms with Crippen molar-refractivity contribution in [1.82, 2.24) is 29.5 Å². The van der Waals surface area contributed by atoms with Crippen LogP contribution in [0.1, 0.15) is 96.5 Å². The number of rotatable bonds is 8. The number of H-pyrrole nitrogens is 2. The molecule has 0 spiro atoms. The van der Waals surface area contributed by atoms with Crippen molar-refractivity contribution in [3.8, 4) is 12.1 Å². The molecule has 0 amide bonds. The number of nitrogens with zero attached hydrogens (tertiary/aromatic N) is 8. The number of hydrogen-bond donors (Lipinski definition) is 4. The summed E-state index contributed by atoms with van der Waals surface area (Å²) in [4.78, 5) is 54.6. The number of methoxy groups -OCH3 is 2. The minimum absolute atomic E-state index is 0.0120. The first-order chi connectivity index (χ1) is 34.0. The third kappa shape index (κ3) is 9.23. The van der Waals surface area contributed by atoms with E-state index in [0.29, 0.717) is 11.1 Å². The predicted molar refractivity (Wildman–Crippen MR) is 242 cm³/mol. The van der Waals surface area contributed by atoms with E-state index in [-0.39, 0.29) is 68.1 Å². The number of hydrogen-bond acceptors (Lipinski definition) is 14. The average molecular weight is 999 g/mol. The SMILES string of the molecule is COC(=O)C1=C(C)N(c2cccc(C(F)(F)F)c2)c2n[nH]c(=O)n2[C@@H]1c1ccc(C#N)cc1C(C)O.COC(=O)C1=C(C)N(c2cccc(C(F)(F)F)c2)c2n[nH]c(=O)n2[C@@H]1c1ccc(C#N)cc1C(C)O. The van der Waals surface area contributed by atoms with E-state index in [4.69, 9.17) is 9.47 Å². The Morgan fingerprint density at radius 3 is 1.31 bits per heavy atom. The number of aliphatic hydroxyl groups is 2. The molecule has 24 heteroatoms. The number of benzene rings is 4. The average Bonchev–Trinajstić information content (AvgIpc) is 3.92. The van der Waals surface area contributed by atoms with Gasteiger partial charge in [-0.3, -0.25) is 9.80 Å². The summed E-state index contributed by atoms with van der Waals surface area (Å²) in [5, 5.41) is 52.1. The molecule has 0 saturated carbocycles. The van der Waals surface area contributed by atoms with Crippen LogP contribution in [0.15, 0.2) is 117 Å². The molecule has 8 rings (SSSR count). The van der Waals surface area contributed by atoms with Crippen molar-refractivity contribution in [3.63, 3.8) is 0 Å². The minimum Gasteiger partial charge on any atom is -0.466 e. The highest BCUT2D eigenvalue weighted by atomic mass is 19.4. The molecule has 18 nitrogen and oxygen atoms in total. The van der Waals surface area contributed by atoms with E-state index in [1.165, 1.54) is 98.2 Å². The van der Waals surface area contributed by atoms with Gasteiger partial charge in [-0.05, 0) is 111 Å². The number of esters is 2. The van der Waals surface area contributed by atoms with Crippen molar-refractivity contribution in [1.29, 1.82) is 10.5 Å². The lowest BCUT2D eigenvalue weighted by atomic mass is 9.88. The number of halogens is 6. The molecule has 0 saturated heterocycles. The van der Waals surface area contributed by atoms with Gasteiger partial charge in [0, 0.05) is 22.8 Å². The normalized spacial score (nSPS) is 16.4. The molecule has 2 aliphatic heterocycles. The predicted octanol–water partition coefficient (Wildman–Crippen LogP) is 7.41. The number of ether oxygens (including phenoxy) is 2. The summed E-state index contributed by atoms with van der Waals surface area (Å²) >= 11 is 0. The first-order valence-corrected chi connectivity index (χ1v) is 21.3. The number of alkyl halides is 6. The van der Waals surface area contributed by atoms with Gasteiger partial charge >= 0.3 is 35.7 Å². The summed E-state index contributed by atoms with van der Waals surface area (Å²) in [7, 11) is 2.27. The van der Waals surface area contributed by atoms with Crippen molar-refractivity contribution in [2.45, 2.75) is 64.3 Å². The topological polar surface area (TPSA) is 248 Å². The smallest absolute Gasteiger partial charge is 0.416 e. The fraction of sp³-hybridized carbons (Fsp3) is 0.250. The number of fused-ring (bicyclic) bond motifs is 2. The fourth-order valence-corrected chi connectivity index (χ4v) is 8.67. The highest BCUT2D eigenvalue weighted by molar-refractivity contribution is 5.94. The maximum atomic E-state index is 13.4. The lowest BCUT2D eigenvalue weighted by Crippen LogP contribution is -2.38. The van der Waals surface area contributed by atoms with Crippen LogP contribution >= 0.6 is 0 Å². The molecule has 372 valence electrons. The molecule has 4 N–H and O–H groups in total. The molecule has 4 aromatic carbocycles. The minimum atomic E-state index is -4.63. The second kappa shape index (κ2) is 19.6. The number of allylic oxidation sites excluding steroid dienone is 2. The molecule has 0 aliphatic carbocycles. The van der Waals surface area contributed by atoms with Gasteiger partial charge < -0.3 is 19.7 Å². The highest BCUT2D eigenvalue weighted by Gasteiger charge is 2.43. The Labute approximate surface area is 403 Å². The Morgan fingerprint density at radius 2 is 1.00 bits per heavy atom. The number of aromatic amines is 2. The Bertz CT molecular complexity index is 3180. The summed E-state index contributed by atoms with van der Waals surface area (Å²) in [6.07, 6.45) is -11.4. The van der Waals surface area contributed by atoms with Crippen molar-refractivity contribution < 1.29 is 55.6 Å². The number of carbonyl (C=O) groups excluding carboxylic acids is 2. The van der Waals surface area contributed by atoms with Crippen LogP contribution in [0.4, 0.5) is 49.6 Å². The molecule has 2 aliphatic rings. The lowest BCUT2D eigenvalue weighted by molar-refractivity contribution is -0.138. The number of anilines is 4. The van der Waals surface area contributed by atoms with Gasteiger partial charge in [0.05, 0.1) is 72.0 Å². The third-order valence-electron chi connectivity index (χ3n) is 11.9. The Morgan fingerprint density at radius 1 is 0.639 bits per heavy atom. The zero-order chi connectivity index (χ0) is 52.7. The number of nitriles is 2. The molecule has 2 aromatic heterocycles. The van der Waals surface area contributed by atoms with E-state index in [2.05, 4.69) is 20.4 Å². The van der Waals surface area contributed by atoms with Crippen LogP contribution in [-0.2, 0) is 31.4 Å². The quantitative estimate of drug-likeness (QED) is 0.0857. The van der Waals surface area contributed by atoms with Crippen LogP contribution in [0, 0.1) is 22.7 Å². The number of aromatic nitrogens is 6. The number of aliphatic hydroxyl groups excluding tert-OH is 2. The molecule has 4 heterocycles. The van der Waals surface area contributed by atoms with Crippen molar-refractivity contribution in [2.75, 3.05) is 24.0 Å². The van der Waals surface area contributed by atoms with E-state index in [9.17, 15) is 66.3 Å². The summed E-state index contributed by atoms with van der Waals surface area (Å²) < 4.78 is 92.8. The van der Waals surface area contributed by atoms with E-state index in [1.54, 1.807) is 0 Å². The summed E-state index contributed by atoms with van der Waals surface area (Å²) in [6, 6.07) is 19.2. The van der Waals surface area contributed by atoms with Gasteiger partial charge in [-0.1, -0.05) is 24.3 Å². The molecule has 72 heavy (non-hydrogen) atoms. The molecule has 0 radical (unpaired) electrons. The highest BCUT2D eigenvalue weighted by Crippen LogP contribution is 2.46. The van der Waals surface area contributed by atoms with Gasteiger partial charge in [0.25, 0.3) is 0 Å². The zero-order valence-electron chi connectivity index (χ0n) is 38.6. The van der Waals surface area contributed by atoms with Gasteiger partial charge in [0.15, 0.2) is 0 Å². The molecular formula is C48H40F6N10O8. The van der Waals surface area contributed by atoms with Crippen LogP contribution in [0.3, 0.4) is 0 Å². The molecule has 4 atom stereocenters. The largest absolute Gasteiger partial charge is 0.466 e. The van der Waals surface area contributed by atoms with E-state index < -0.39 is 71.1 Å². The van der Waals surface area contributed by atoms with Crippen LogP contribution in [0.25, 0.3) is 0 Å². The summed E-state index contributed by atoms with van der Waals surface area (Å²) in [5.74, 6) is -1.82. The molecule has 2 unspecified atom stereocenters. The van der Waals surface area contributed by atoms with Crippen LogP contribution < -0.4 is 21.2 Å². The van der Waals surface area contributed by atoms with Gasteiger partial charge in [-0.2, -0.15) is 36.9 Å². The molecule has 0 bridgehead atoms. The van der Waals surface area contributed by atoms with Crippen LogP contribution in [-0.4, -0.2) is 65.9 Å². The van der Waals surface area contributed by atoms with Gasteiger partial charge in [-0.15, -0.1) is 10.2 Å². The first kappa shape index (κ1) is 51.1. The third-order valence-corrected chi connectivity index (χ3v) is 11.9. The second-order valence-electron chi connectivity index (χ2n) is 16.2. The Balaban J connectivity index is 0.000000211. The fourth-order valence-electron chi connectivity index (χ4n) is 8.67. The van der Waals surface area contributed by atoms with Gasteiger partial charge in [0.2, 0.25) is 11.9 Å². The maximum Gasteiger partial charge on any atom is 0.416 e.